The molecular formula is C81H146O17P2. The predicted octanol–water partition coefficient (Wildman–Crippen LogP) is 23.2. The number of aliphatic hydroxyl groups is 1. The van der Waals surface area contributed by atoms with Gasteiger partial charge in [-0.2, -0.15) is 0 Å². The number of aliphatic hydroxyl groups excluding tert-OH is 1. The van der Waals surface area contributed by atoms with E-state index in [-0.39, 0.29) is 25.7 Å². The Morgan fingerprint density at radius 1 is 0.280 bits per heavy atom. The molecule has 0 aromatic carbocycles. The van der Waals surface area contributed by atoms with Crippen LogP contribution in [0.3, 0.4) is 0 Å². The zero-order valence-electron chi connectivity index (χ0n) is 63.6. The summed E-state index contributed by atoms with van der Waals surface area (Å²) in [5.74, 6) is -2.19. The number of ether oxygens (including phenoxy) is 4. The van der Waals surface area contributed by atoms with Crippen LogP contribution in [-0.2, 0) is 65.4 Å². The van der Waals surface area contributed by atoms with Crippen LogP contribution in [0.4, 0.5) is 0 Å². The molecule has 0 aromatic heterocycles. The van der Waals surface area contributed by atoms with Gasteiger partial charge in [-0.15, -0.1) is 0 Å². The van der Waals surface area contributed by atoms with E-state index in [4.69, 9.17) is 37.0 Å². The Bertz CT molecular complexity index is 2180. The third kappa shape index (κ3) is 72.8. The van der Waals surface area contributed by atoms with Crippen molar-refractivity contribution in [3.63, 3.8) is 0 Å². The molecule has 0 aromatic rings. The highest BCUT2D eigenvalue weighted by Gasteiger charge is 2.30. The number of carbonyl (C=O) groups is 4. The fraction of sp³-hybridized carbons (Fsp3) is 0.802. The summed E-state index contributed by atoms with van der Waals surface area (Å²) in [6, 6.07) is 0. The van der Waals surface area contributed by atoms with Crippen LogP contribution in [0.15, 0.2) is 72.9 Å². The summed E-state index contributed by atoms with van der Waals surface area (Å²) in [7, 11) is -9.95. The summed E-state index contributed by atoms with van der Waals surface area (Å²) in [4.78, 5) is 73.0. The highest BCUT2D eigenvalue weighted by molar-refractivity contribution is 7.47. The standard InChI is InChI=1S/C81H146O17P2/c1-5-9-13-17-21-25-29-33-37-41-45-49-53-57-61-65-78(83)91-71-76(97-80(85)67-63-59-55-51-47-43-39-35-31-27-23-19-15-11-7-3)73-95-99(87,88)93-69-75(82)70-94-100(89,90)96-74-77(98-81(86)68-64-60-56-52-48-44-40-36-32-28-24-20-16-12-8-4)72-92-79(84)66-62-58-54-50-46-42-38-34-30-26-22-18-14-10-6-2/h21,23,25-28,30,32-33,35,37,39,75-77,82H,5-20,22,24,29,31,34,36,38,40-74H2,1-4H3,(H,87,88)(H,89,90)/t75?,76-,77-/m1/s1. The average molecular weight is 1450 g/mol. The van der Waals surface area contributed by atoms with Crippen molar-refractivity contribution in [2.24, 2.45) is 0 Å². The molecule has 0 spiro atoms. The van der Waals surface area contributed by atoms with E-state index >= 15 is 0 Å². The minimum absolute atomic E-state index is 0.0782. The van der Waals surface area contributed by atoms with Crippen molar-refractivity contribution >= 4 is 39.5 Å². The topological polar surface area (TPSA) is 237 Å². The highest BCUT2D eigenvalue weighted by Crippen LogP contribution is 2.45. The van der Waals surface area contributed by atoms with Gasteiger partial charge in [-0.1, -0.05) is 268 Å². The molecule has 0 bridgehead atoms. The first kappa shape index (κ1) is 96.5. The summed E-state index contributed by atoms with van der Waals surface area (Å²) in [5, 5.41) is 10.6. The molecule has 5 atom stereocenters. The minimum atomic E-state index is -4.98. The zero-order valence-corrected chi connectivity index (χ0v) is 65.4. The van der Waals surface area contributed by atoms with Gasteiger partial charge in [-0.05, 0) is 141 Å². The highest BCUT2D eigenvalue weighted by atomic mass is 31.2. The number of rotatable bonds is 76. The largest absolute Gasteiger partial charge is 0.472 e. The second-order valence-corrected chi connectivity index (χ2v) is 29.9. The third-order valence-electron chi connectivity index (χ3n) is 17.1. The number of phosphoric acid groups is 2. The van der Waals surface area contributed by atoms with Gasteiger partial charge >= 0.3 is 39.5 Å². The number of hydrogen-bond donors (Lipinski definition) is 3. The Morgan fingerprint density at radius 2 is 0.490 bits per heavy atom. The van der Waals surface area contributed by atoms with Crippen molar-refractivity contribution in [1.29, 1.82) is 0 Å². The van der Waals surface area contributed by atoms with Crippen LogP contribution < -0.4 is 0 Å². The Morgan fingerprint density at radius 3 is 0.770 bits per heavy atom. The van der Waals surface area contributed by atoms with Crippen molar-refractivity contribution in [1.82, 2.24) is 0 Å². The lowest BCUT2D eigenvalue weighted by Crippen LogP contribution is -2.30. The first-order chi connectivity index (χ1) is 48.7. The fourth-order valence-corrected chi connectivity index (χ4v) is 12.5. The number of hydrogen-bond acceptors (Lipinski definition) is 15. The lowest BCUT2D eigenvalue weighted by atomic mass is 10.1. The molecule has 3 unspecified atom stereocenters. The van der Waals surface area contributed by atoms with Crippen molar-refractivity contribution < 1.29 is 80.2 Å². The van der Waals surface area contributed by atoms with Crippen molar-refractivity contribution in [3.8, 4) is 0 Å². The van der Waals surface area contributed by atoms with Gasteiger partial charge in [0.2, 0.25) is 0 Å². The average Bonchev–Trinajstić information content (AvgIpc) is 1.01. The second kappa shape index (κ2) is 73.8. The smallest absolute Gasteiger partial charge is 0.462 e. The van der Waals surface area contributed by atoms with E-state index in [2.05, 4.69) is 101 Å². The molecule has 0 aliphatic rings. The zero-order chi connectivity index (χ0) is 73.2. The molecule has 582 valence electrons. The van der Waals surface area contributed by atoms with Gasteiger partial charge in [0.1, 0.15) is 19.3 Å². The van der Waals surface area contributed by atoms with Gasteiger partial charge in [0.15, 0.2) is 12.2 Å². The van der Waals surface area contributed by atoms with Crippen LogP contribution in [0.5, 0.6) is 0 Å². The maximum absolute atomic E-state index is 13.1. The second-order valence-electron chi connectivity index (χ2n) is 27.0. The molecule has 100 heavy (non-hydrogen) atoms. The normalized spacial score (nSPS) is 14.3. The number of unbranched alkanes of at least 4 members (excludes halogenated alkanes) is 38. The van der Waals surface area contributed by atoms with Crippen molar-refractivity contribution in [3.05, 3.63) is 72.9 Å². The van der Waals surface area contributed by atoms with Gasteiger partial charge in [0.25, 0.3) is 0 Å². The quantitative estimate of drug-likeness (QED) is 0.0169. The van der Waals surface area contributed by atoms with Crippen LogP contribution in [0.1, 0.15) is 362 Å². The SMILES string of the molecule is CCCCCC=CCC=CCCCCCCCC(=O)OC[C@H](COP(=O)(O)OCC(O)COP(=O)(O)OC[C@@H](COC(=O)CCCCCCCCCC=CCCCCCC)OC(=O)CCCCCCCCCC=CCCCCCC)OC(=O)CCCCCCCC=CCC=CCCCCC. The van der Waals surface area contributed by atoms with Crippen LogP contribution in [-0.4, -0.2) is 96.7 Å². The summed E-state index contributed by atoms with van der Waals surface area (Å²) in [5.41, 5.74) is 0. The summed E-state index contributed by atoms with van der Waals surface area (Å²) in [6.45, 7) is 4.82. The van der Waals surface area contributed by atoms with Gasteiger partial charge in [0.05, 0.1) is 26.4 Å². The maximum Gasteiger partial charge on any atom is 0.472 e. The summed E-state index contributed by atoms with van der Waals surface area (Å²) in [6.07, 6.45) is 74.4. The van der Waals surface area contributed by atoms with Crippen LogP contribution >= 0.6 is 15.6 Å². The first-order valence-corrected chi connectivity index (χ1v) is 43.2. The van der Waals surface area contributed by atoms with E-state index in [9.17, 15) is 43.2 Å². The molecule has 19 heteroatoms. The van der Waals surface area contributed by atoms with E-state index in [0.29, 0.717) is 25.7 Å². The van der Waals surface area contributed by atoms with Crippen molar-refractivity contribution in [2.45, 2.75) is 380 Å². The lowest BCUT2D eigenvalue weighted by Gasteiger charge is -2.21. The van der Waals surface area contributed by atoms with E-state index in [1.165, 1.54) is 103 Å². The third-order valence-corrected chi connectivity index (χ3v) is 19.0. The number of phosphoric ester groups is 2. The molecule has 0 heterocycles. The van der Waals surface area contributed by atoms with E-state index in [0.717, 1.165) is 180 Å². The predicted molar refractivity (Wildman–Crippen MR) is 409 cm³/mol. The minimum Gasteiger partial charge on any atom is -0.462 e. The lowest BCUT2D eigenvalue weighted by molar-refractivity contribution is -0.161. The molecular weight excluding hydrogens is 1310 g/mol. The Kier molecular flexibility index (Phi) is 71.2. The van der Waals surface area contributed by atoms with Gasteiger partial charge in [-0.3, -0.25) is 37.3 Å². The van der Waals surface area contributed by atoms with Gasteiger partial charge in [-0.25, -0.2) is 9.13 Å². The molecule has 0 aliphatic heterocycles. The van der Waals surface area contributed by atoms with E-state index < -0.39 is 97.5 Å². The van der Waals surface area contributed by atoms with Gasteiger partial charge < -0.3 is 33.8 Å². The Hall–Kier alpha value is -3.50. The maximum atomic E-state index is 13.1. The molecule has 0 rings (SSSR count). The first-order valence-electron chi connectivity index (χ1n) is 40.2. The molecule has 0 fully saturated rings. The summed E-state index contributed by atoms with van der Waals surface area (Å²) >= 11 is 0. The molecule has 0 saturated heterocycles. The molecule has 0 radical (unpaired) electrons. The molecule has 0 saturated carbocycles. The Labute approximate surface area is 609 Å². The molecule has 0 amide bonds. The van der Waals surface area contributed by atoms with Crippen molar-refractivity contribution in [2.75, 3.05) is 39.6 Å². The molecule has 3 N–H and O–H groups in total. The number of esters is 4. The van der Waals surface area contributed by atoms with Gasteiger partial charge in [0, 0.05) is 25.7 Å². The van der Waals surface area contributed by atoms with E-state index in [1.807, 2.05) is 0 Å². The molecule has 0 aliphatic carbocycles. The number of allylic oxidation sites excluding steroid dienone is 12. The van der Waals surface area contributed by atoms with E-state index in [1.54, 1.807) is 0 Å². The number of carbonyl (C=O) groups excluding carboxylic acids is 4. The van der Waals surface area contributed by atoms with Crippen LogP contribution in [0, 0.1) is 0 Å². The van der Waals surface area contributed by atoms with Crippen LogP contribution in [0.2, 0.25) is 0 Å². The molecule has 17 nitrogen and oxygen atoms in total. The summed E-state index contributed by atoms with van der Waals surface area (Å²) < 4.78 is 68.6. The Balaban J connectivity index is 5.36. The van der Waals surface area contributed by atoms with Crippen LogP contribution in [0.25, 0.3) is 0 Å². The fourth-order valence-electron chi connectivity index (χ4n) is 10.9. The monoisotopic (exact) mass is 1450 g/mol.